The number of methoxy groups -OCH3 is 1. The van der Waals surface area contributed by atoms with Crippen LogP contribution in [-0.2, 0) is 19.0 Å². The summed E-state index contributed by atoms with van der Waals surface area (Å²) in [4.78, 5) is 38.9. The van der Waals surface area contributed by atoms with Crippen molar-refractivity contribution in [1.82, 2.24) is 4.90 Å². The third-order valence-corrected chi connectivity index (χ3v) is 5.06. The Labute approximate surface area is 179 Å². The number of ether oxygens (including phenoxy) is 3. The molecule has 0 N–H and O–H groups in total. The van der Waals surface area contributed by atoms with Crippen LogP contribution >= 0.6 is 15.9 Å². The molecule has 0 aliphatic carbocycles. The number of nitrogens with zero attached hydrogens (tertiary/aromatic N) is 1. The van der Waals surface area contributed by atoms with Crippen molar-refractivity contribution in [2.75, 3.05) is 26.9 Å². The first-order valence-corrected chi connectivity index (χ1v) is 10.3. The molecule has 1 aliphatic heterocycles. The third kappa shape index (κ3) is 7.12. The number of hydrogen-bond donors (Lipinski definition) is 0. The molecule has 1 fully saturated rings. The number of Topliss-reactive ketones (excluding diaryl/α,β-unsaturated/α-hetero) is 1. The Balaban J connectivity index is 2.02. The lowest BCUT2D eigenvalue weighted by Crippen LogP contribution is -2.44. The molecule has 0 bridgehead atoms. The summed E-state index contributed by atoms with van der Waals surface area (Å²) in [6.07, 6.45) is 0.615. The molecule has 1 saturated heterocycles. The van der Waals surface area contributed by atoms with Crippen LogP contribution in [0.25, 0.3) is 0 Å². The first-order chi connectivity index (χ1) is 13.6. The predicted octanol–water partition coefficient (Wildman–Crippen LogP) is 3.84. The van der Waals surface area contributed by atoms with Crippen molar-refractivity contribution in [3.05, 3.63) is 34.3 Å². The normalized spacial score (nSPS) is 19.1. The molecule has 0 spiro atoms. The highest BCUT2D eigenvalue weighted by atomic mass is 79.9. The number of benzene rings is 1. The third-order valence-electron chi connectivity index (χ3n) is 4.53. The van der Waals surface area contributed by atoms with Gasteiger partial charge in [0, 0.05) is 30.3 Å². The number of likely N-dealkylation sites (tertiary alicyclic amines) is 1. The molecule has 2 rings (SSSR count). The lowest BCUT2D eigenvalue weighted by molar-refractivity contribution is -0.147. The van der Waals surface area contributed by atoms with E-state index in [2.05, 4.69) is 15.9 Å². The molecule has 8 heteroatoms. The van der Waals surface area contributed by atoms with Gasteiger partial charge in [0.2, 0.25) is 0 Å². The number of rotatable bonds is 7. The second-order valence-electron chi connectivity index (χ2n) is 8.07. The number of carbonyl (C=O) groups is 3. The molecule has 29 heavy (non-hydrogen) atoms. The SMILES string of the molecule is COCCC1C[C@@H](C(=O)OCC(=O)c2ccc(Br)cc2)N(C(=O)OC(C)(C)C)C1. The second-order valence-corrected chi connectivity index (χ2v) is 8.99. The fraction of sp³-hybridized carbons (Fsp3) is 0.571. The van der Waals surface area contributed by atoms with Crippen LogP contribution in [-0.4, -0.2) is 61.3 Å². The molecule has 1 amide bonds. The maximum atomic E-state index is 12.7. The van der Waals surface area contributed by atoms with E-state index in [-0.39, 0.29) is 18.3 Å². The van der Waals surface area contributed by atoms with Gasteiger partial charge in [0.15, 0.2) is 12.4 Å². The highest BCUT2D eigenvalue weighted by Crippen LogP contribution is 2.28. The Hall–Kier alpha value is -1.93. The van der Waals surface area contributed by atoms with Crippen LogP contribution in [0, 0.1) is 5.92 Å². The van der Waals surface area contributed by atoms with E-state index >= 15 is 0 Å². The minimum absolute atomic E-state index is 0.0993. The summed E-state index contributed by atoms with van der Waals surface area (Å²) in [5.41, 5.74) is -0.220. The molecular formula is C21H28BrNO6. The van der Waals surface area contributed by atoms with Gasteiger partial charge in [0.25, 0.3) is 0 Å². The maximum absolute atomic E-state index is 12.7. The summed E-state index contributed by atoms with van der Waals surface area (Å²) in [5.74, 6) is -0.799. The quantitative estimate of drug-likeness (QED) is 0.445. The molecular weight excluding hydrogens is 442 g/mol. The van der Waals surface area contributed by atoms with Crippen molar-refractivity contribution in [2.45, 2.75) is 45.3 Å². The largest absolute Gasteiger partial charge is 0.456 e. The van der Waals surface area contributed by atoms with Gasteiger partial charge >= 0.3 is 12.1 Å². The Kier molecular flexibility index (Phi) is 8.22. The number of amides is 1. The second kappa shape index (κ2) is 10.2. The van der Waals surface area contributed by atoms with Crippen LogP contribution in [0.1, 0.15) is 44.0 Å². The van der Waals surface area contributed by atoms with Crippen LogP contribution in [0.5, 0.6) is 0 Å². The monoisotopic (exact) mass is 469 g/mol. The van der Waals surface area contributed by atoms with Crippen LogP contribution < -0.4 is 0 Å². The Bertz CT molecular complexity index is 728. The summed E-state index contributed by atoms with van der Waals surface area (Å²) < 4.78 is 16.7. The van der Waals surface area contributed by atoms with Gasteiger partial charge in [0.05, 0.1) is 0 Å². The molecule has 0 radical (unpaired) electrons. The fourth-order valence-corrected chi connectivity index (χ4v) is 3.38. The van der Waals surface area contributed by atoms with E-state index in [1.165, 1.54) is 4.90 Å². The van der Waals surface area contributed by atoms with Gasteiger partial charge in [0.1, 0.15) is 11.6 Å². The van der Waals surface area contributed by atoms with Crippen molar-refractivity contribution in [1.29, 1.82) is 0 Å². The number of halogens is 1. The zero-order chi connectivity index (χ0) is 21.6. The standard InChI is InChI=1S/C21H28BrNO6/c1-21(2,3)29-20(26)23-12-14(9-10-27-4)11-17(23)19(25)28-13-18(24)15-5-7-16(22)8-6-15/h5-8,14,17H,9-13H2,1-4H3/t14?,17-/m0/s1. The van der Waals surface area contributed by atoms with Gasteiger partial charge in [-0.2, -0.15) is 0 Å². The molecule has 1 heterocycles. The summed E-state index contributed by atoms with van der Waals surface area (Å²) in [5, 5.41) is 0. The van der Waals surface area contributed by atoms with Crippen molar-refractivity contribution < 1.29 is 28.6 Å². The van der Waals surface area contributed by atoms with Gasteiger partial charge in [-0.3, -0.25) is 9.69 Å². The average Bonchev–Trinajstić information content (AvgIpc) is 3.08. The van der Waals surface area contributed by atoms with Gasteiger partial charge < -0.3 is 14.2 Å². The molecule has 160 valence electrons. The lowest BCUT2D eigenvalue weighted by atomic mass is 10.0. The highest BCUT2D eigenvalue weighted by molar-refractivity contribution is 9.10. The zero-order valence-corrected chi connectivity index (χ0v) is 18.9. The van der Waals surface area contributed by atoms with E-state index < -0.39 is 23.7 Å². The van der Waals surface area contributed by atoms with Gasteiger partial charge in [-0.05, 0) is 51.7 Å². The van der Waals surface area contributed by atoms with Crippen molar-refractivity contribution >= 4 is 33.8 Å². The maximum Gasteiger partial charge on any atom is 0.411 e. The molecule has 7 nitrogen and oxygen atoms in total. The fourth-order valence-electron chi connectivity index (χ4n) is 3.11. The summed E-state index contributed by atoms with van der Waals surface area (Å²) >= 11 is 3.31. The molecule has 1 aromatic carbocycles. The Morgan fingerprint density at radius 3 is 2.41 bits per heavy atom. The minimum atomic E-state index is -0.774. The highest BCUT2D eigenvalue weighted by Gasteiger charge is 2.42. The van der Waals surface area contributed by atoms with E-state index in [0.717, 1.165) is 10.9 Å². The number of ketones is 1. The zero-order valence-electron chi connectivity index (χ0n) is 17.3. The first-order valence-electron chi connectivity index (χ1n) is 9.54. The molecule has 1 aromatic rings. The van der Waals surface area contributed by atoms with Gasteiger partial charge in [-0.25, -0.2) is 9.59 Å². The summed E-state index contributed by atoms with van der Waals surface area (Å²) in [7, 11) is 1.61. The van der Waals surface area contributed by atoms with Crippen LogP contribution in [0.15, 0.2) is 28.7 Å². The number of hydrogen-bond acceptors (Lipinski definition) is 6. The smallest absolute Gasteiger partial charge is 0.411 e. The van der Waals surface area contributed by atoms with Crippen molar-refractivity contribution in [3.8, 4) is 0 Å². The number of esters is 1. The minimum Gasteiger partial charge on any atom is -0.456 e. The van der Waals surface area contributed by atoms with E-state index in [4.69, 9.17) is 14.2 Å². The average molecular weight is 470 g/mol. The van der Waals surface area contributed by atoms with Crippen LogP contribution in [0.2, 0.25) is 0 Å². The van der Waals surface area contributed by atoms with Crippen molar-refractivity contribution in [3.63, 3.8) is 0 Å². The van der Waals surface area contributed by atoms with Gasteiger partial charge in [-0.1, -0.05) is 28.1 Å². The summed E-state index contributed by atoms with van der Waals surface area (Å²) in [6, 6.07) is 6.03. The first kappa shape index (κ1) is 23.3. The Morgan fingerprint density at radius 1 is 1.17 bits per heavy atom. The molecule has 0 saturated carbocycles. The Morgan fingerprint density at radius 2 is 1.83 bits per heavy atom. The molecule has 0 aromatic heterocycles. The molecule has 1 aliphatic rings. The predicted molar refractivity (Wildman–Crippen MR) is 111 cm³/mol. The van der Waals surface area contributed by atoms with E-state index in [1.807, 2.05) is 0 Å². The van der Waals surface area contributed by atoms with Crippen LogP contribution in [0.3, 0.4) is 0 Å². The van der Waals surface area contributed by atoms with E-state index in [9.17, 15) is 14.4 Å². The van der Waals surface area contributed by atoms with Crippen molar-refractivity contribution in [2.24, 2.45) is 5.92 Å². The molecule has 2 atom stereocenters. The van der Waals surface area contributed by atoms with Gasteiger partial charge in [-0.15, -0.1) is 0 Å². The summed E-state index contributed by atoms with van der Waals surface area (Å²) in [6.45, 7) is 5.87. The lowest BCUT2D eigenvalue weighted by Gasteiger charge is -2.27. The van der Waals surface area contributed by atoms with Crippen LogP contribution in [0.4, 0.5) is 4.79 Å². The van der Waals surface area contributed by atoms with E-state index in [0.29, 0.717) is 25.1 Å². The molecule has 1 unspecified atom stereocenters. The topological polar surface area (TPSA) is 82.1 Å². The number of carbonyl (C=O) groups excluding carboxylic acids is 3. The van der Waals surface area contributed by atoms with E-state index in [1.54, 1.807) is 52.1 Å².